The molecular weight excluding hydrogens is 192 g/mol. The molecule has 1 saturated carbocycles. The van der Waals surface area contributed by atoms with Gasteiger partial charge in [0.25, 0.3) is 0 Å². The molecule has 1 fully saturated rings. The minimum Gasteiger partial charge on any atom is -0.302 e. The molecular formula is C11H20N2S. The molecule has 0 spiro atoms. The van der Waals surface area contributed by atoms with E-state index in [-0.39, 0.29) is 0 Å². The van der Waals surface area contributed by atoms with Gasteiger partial charge in [-0.1, -0.05) is 13.3 Å². The Labute approximate surface area is 92.7 Å². The number of nitrogens with zero attached hydrogens (tertiary/aromatic N) is 2. The van der Waals surface area contributed by atoms with Gasteiger partial charge in [0, 0.05) is 19.5 Å². The van der Waals surface area contributed by atoms with E-state index in [0.717, 1.165) is 25.4 Å². The van der Waals surface area contributed by atoms with Crippen molar-refractivity contribution in [2.45, 2.75) is 32.6 Å². The van der Waals surface area contributed by atoms with Crippen molar-refractivity contribution in [1.82, 2.24) is 4.90 Å². The molecule has 1 aliphatic rings. The lowest BCUT2D eigenvalue weighted by molar-refractivity contribution is 0.0946. The zero-order chi connectivity index (χ0) is 10.4. The van der Waals surface area contributed by atoms with E-state index in [2.05, 4.69) is 30.5 Å². The number of rotatable bonds is 6. The highest BCUT2D eigenvalue weighted by molar-refractivity contribution is 7.80. The fourth-order valence-electron chi connectivity index (χ4n) is 2.07. The fourth-order valence-corrected chi connectivity index (χ4v) is 2.49. The third-order valence-corrected chi connectivity index (χ3v) is 3.97. The van der Waals surface area contributed by atoms with E-state index in [4.69, 9.17) is 5.26 Å². The highest BCUT2D eigenvalue weighted by Gasteiger charge is 2.36. The summed E-state index contributed by atoms with van der Waals surface area (Å²) in [6, 6.07) is 2.21. The van der Waals surface area contributed by atoms with Gasteiger partial charge in [-0.05, 0) is 30.6 Å². The minimum absolute atomic E-state index is 0.467. The van der Waals surface area contributed by atoms with Crippen LogP contribution < -0.4 is 0 Å². The van der Waals surface area contributed by atoms with Gasteiger partial charge in [-0.3, -0.25) is 0 Å². The number of nitriles is 1. The first-order valence-corrected chi connectivity index (χ1v) is 6.10. The number of hydrogen-bond acceptors (Lipinski definition) is 3. The van der Waals surface area contributed by atoms with Crippen molar-refractivity contribution in [3.05, 3.63) is 0 Å². The Hall–Kier alpha value is -0.200. The van der Waals surface area contributed by atoms with E-state index in [1.165, 1.54) is 19.3 Å². The first kappa shape index (κ1) is 11.9. The number of thiol groups is 1. The van der Waals surface area contributed by atoms with Gasteiger partial charge in [0.05, 0.1) is 6.07 Å². The van der Waals surface area contributed by atoms with Crippen molar-refractivity contribution >= 4 is 12.6 Å². The maximum absolute atomic E-state index is 8.55. The molecule has 0 amide bonds. The van der Waals surface area contributed by atoms with Gasteiger partial charge in [-0.15, -0.1) is 0 Å². The molecule has 0 aromatic heterocycles. The van der Waals surface area contributed by atoms with Gasteiger partial charge in [-0.2, -0.15) is 17.9 Å². The van der Waals surface area contributed by atoms with Gasteiger partial charge in [0.1, 0.15) is 0 Å². The van der Waals surface area contributed by atoms with Crippen LogP contribution in [-0.2, 0) is 0 Å². The molecule has 1 rings (SSSR count). The van der Waals surface area contributed by atoms with E-state index >= 15 is 0 Å². The van der Waals surface area contributed by atoms with E-state index in [0.29, 0.717) is 11.8 Å². The smallest absolute Gasteiger partial charge is 0.0635 e. The maximum atomic E-state index is 8.55. The van der Waals surface area contributed by atoms with Crippen LogP contribution in [0.2, 0.25) is 0 Å². The maximum Gasteiger partial charge on any atom is 0.0635 e. The zero-order valence-corrected chi connectivity index (χ0v) is 9.89. The summed E-state index contributed by atoms with van der Waals surface area (Å²) in [7, 11) is 0. The predicted octanol–water partition coefficient (Wildman–Crippen LogP) is 2.32. The number of hydrogen-bond donors (Lipinski definition) is 1. The predicted molar refractivity (Wildman–Crippen MR) is 62.5 cm³/mol. The van der Waals surface area contributed by atoms with Crippen LogP contribution in [0.25, 0.3) is 0 Å². The average Bonchev–Trinajstić information content (AvgIpc) is 2.16. The zero-order valence-electron chi connectivity index (χ0n) is 9.00. The van der Waals surface area contributed by atoms with Crippen LogP contribution in [0.4, 0.5) is 0 Å². The summed E-state index contributed by atoms with van der Waals surface area (Å²) in [5.74, 6) is 0.996. The molecule has 3 heteroatoms. The minimum atomic E-state index is 0.467. The lowest BCUT2D eigenvalue weighted by atomic mass is 9.70. The average molecular weight is 212 g/mol. The Morgan fingerprint density at radius 1 is 1.50 bits per heavy atom. The van der Waals surface area contributed by atoms with Gasteiger partial charge in [0.2, 0.25) is 0 Å². The van der Waals surface area contributed by atoms with Crippen molar-refractivity contribution in [2.75, 3.05) is 25.4 Å². The van der Waals surface area contributed by atoms with Crippen LogP contribution in [0.5, 0.6) is 0 Å². The first-order chi connectivity index (χ1) is 6.76. The molecule has 0 radical (unpaired) electrons. The molecule has 0 unspecified atom stereocenters. The summed E-state index contributed by atoms with van der Waals surface area (Å²) in [5.41, 5.74) is 0.467. The van der Waals surface area contributed by atoms with Crippen LogP contribution in [0, 0.1) is 16.7 Å². The molecule has 80 valence electrons. The lowest BCUT2D eigenvalue weighted by Crippen LogP contribution is -2.43. The van der Waals surface area contributed by atoms with Crippen LogP contribution in [0.15, 0.2) is 0 Å². The molecule has 0 saturated heterocycles. The highest BCUT2D eigenvalue weighted by atomic mass is 32.1. The second-order valence-electron chi connectivity index (χ2n) is 4.29. The Morgan fingerprint density at radius 3 is 2.57 bits per heavy atom. The Bertz CT molecular complexity index is 200. The van der Waals surface area contributed by atoms with Crippen molar-refractivity contribution < 1.29 is 0 Å². The Kier molecular flexibility index (Phi) is 4.77. The van der Waals surface area contributed by atoms with Crippen LogP contribution in [0.1, 0.15) is 32.6 Å². The highest BCUT2D eigenvalue weighted by Crippen LogP contribution is 2.42. The summed E-state index contributed by atoms with van der Waals surface area (Å²) in [6.07, 6.45) is 4.64. The van der Waals surface area contributed by atoms with E-state index < -0.39 is 0 Å². The summed E-state index contributed by atoms with van der Waals surface area (Å²) < 4.78 is 0. The van der Waals surface area contributed by atoms with Crippen molar-refractivity contribution in [1.29, 1.82) is 5.26 Å². The quantitative estimate of drug-likeness (QED) is 0.684. The molecule has 0 heterocycles. The largest absolute Gasteiger partial charge is 0.302 e. The van der Waals surface area contributed by atoms with E-state index in [1.807, 2.05) is 0 Å². The van der Waals surface area contributed by atoms with Crippen molar-refractivity contribution in [3.63, 3.8) is 0 Å². The van der Waals surface area contributed by atoms with Gasteiger partial charge in [0.15, 0.2) is 0 Å². The van der Waals surface area contributed by atoms with Gasteiger partial charge < -0.3 is 4.90 Å². The Morgan fingerprint density at radius 2 is 2.21 bits per heavy atom. The topological polar surface area (TPSA) is 27.0 Å². The monoisotopic (exact) mass is 212 g/mol. The molecule has 1 aliphatic carbocycles. The normalized spacial score (nSPS) is 19.0. The molecule has 0 bridgehead atoms. The first-order valence-electron chi connectivity index (χ1n) is 5.46. The van der Waals surface area contributed by atoms with Crippen LogP contribution >= 0.6 is 12.6 Å². The molecule has 0 aromatic carbocycles. The third-order valence-electron chi connectivity index (χ3n) is 3.30. The molecule has 2 nitrogen and oxygen atoms in total. The van der Waals surface area contributed by atoms with E-state index in [1.54, 1.807) is 0 Å². The summed E-state index contributed by atoms with van der Waals surface area (Å²) in [6.45, 7) is 5.27. The van der Waals surface area contributed by atoms with E-state index in [9.17, 15) is 0 Å². The standard InChI is InChI=1S/C11H20N2S/c1-2-13(8-4-7-12)9-11(10-14)5-3-6-11/h14H,2-6,8-10H2,1H3. The van der Waals surface area contributed by atoms with Gasteiger partial charge in [-0.25, -0.2) is 0 Å². The van der Waals surface area contributed by atoms with Crippen LogP contribution in [-0.4, -0.2) is 30.3 Å². The molecule has 0 N–H and O–H groups in total. The Balaban J connectivity index is 2.35. The third kappa shape index (κ3) is 2.90. The second-order valence-corrected chi connectivity index (χ2v) is 4.60. The molecule has 0 aliphatic heterocycles. The fraction of sp³-hybridized carbons (Fsp3) is 0.909. The van der Waals surface area contributed by atoms with Gasteiger partial charge >= 0.3 is 0 Å². The second kappa shape index (κ2) is 5.63. The summed E-state index contributed by atoms with van der Waals surface area (Å²) in [4.78, 5) is 2.39. The SMILES string of the molecule is CCN(CCC#N)CC1(CS)CCC1. The summed E-state index contributed by atoms with van der Waals surface area (Å²) >= 11 is 4.45. The van der Waals surface area contributed by atoms with Crippen LogP contribution in [0.3, 0.4) is 0 Å². The lowest BCUT2D eigenvalue weighted by Gasteiger charge is -2.44. The van der Waals surface area contributed by atoms with Crippen molar-refractivity contribution in [2.24, 2.45) is 5.41 Å². The summed E-state index contributed by atoms with van der Waals surface area (Å²) in [5, 5.41) is 8.55. The molecule has 0 aromatic rings. The van der Waals surface area contributed by atoms with Crippen molar-refractivity contribution in [3.8, 4) is 6.07 Å². The molecule has 0 atom stereocenters. The molecule has 14 heavy (non-hydrogen) atoms.